The van der Waals surface area contributed by atoms with Crippen LogP contribution < -0.4 is 20.3 Å². The standard InChI is InChI=1S/C22H25N3O4/c1-14-7-8-16(10-15(14)2)24-21(26)6-5-9-25-13-23-18-12-20(29-4)19(28-3)11-17(18)22(25)27/h7-8,10-13H,5-6,9H2,1-4H3,(H,24,26). The number of nitrogens with zero attached hydrogens (tertiary/aromatic N) is 2. The van der Waals surface area contributed by atoms with Crippen LogP contribution in [0.15, 0.2) is 41.5 Å². The molecule has 0 saturated heterocycles. The molecule has 1 N–H and O–H groups in total. The molecule has 1 aromatic heterocycles. The Morgan fingerprint density at radius 1 is 1.07 bits per heavy atom. The fraction of sp³-hybridized carbons (Fsp3) is 0.318. The third-order valence-corrected chi connectivity index (χ3v) is 4.92. The molecule has 0 aliphatic carbocycles. The van der Waals surface area contributed by atoms with Gasteiger partial charge in [-0.1, -0.05) is 6.07 Å². The van der Waals surface area contributed by atoms with E-state index in [9.17, 15) is 9.59 Å². The van der Waals surface area contributed by atoms with Crippen LogP contribution in [0.4, 0.5) is 5.69 Å². The molecule has 0 radical (unpaired) electrons. The number of hydrogen-bond acceptors (Lipinski definition) is 5. The Balaban J connectivity index is 1.67. The van der Waals surface area contributed by atoms with Crippen LogP contribution >= 0.6 is 0 Å². The van der Waals surface area contributed by atoms with Crippen LogP contribution in [-0.4, -0.2) is 29.7 Å². The van der Waals surface area contributed by atoms with Gasteiger partial charge in [0.05, 0.1) is 31.4 Å². The molecule has 3 rings (SSSR count). The van der Waals surface area contributed by atoms with E-state index in [0.29, 0.717) is 41.8 Å². The van der Waals surface area contributed by atoms with E-state index in [1.807, 2.05) is 32.0 Å². The quantitative estimate of drug-likeness (QED) is 0.663. The lowest BCUT2D eigenvalue weighted by molar-refractivity contribution is -0.116. The Hall–Kier alpha value is -3.35. The second-order valence-electron chi connectivity index (χ2n) is 6.92. The summed E-state index contributed by atoms with van der Waals surface area (Å²) in [4.78, 5) is 29.3. The van der Waals surface area contributed by atoms with Crippen LogP contribution in [0.3, 0.4) is 0 Å². The maximum Gasteiger partial charge on any atom is 0.261 e. The number of carbonyl (C=O) groups excluding carboxylic acids is 1. The van der Waals surface area contributed by atoms with Crippen molar-refractivity contribution in [2.45, 2.75) is 33.2 Å². The van der Waals surface area contributed by atoms with E-state index < -0.39 is 0 Å². The number of ether oxygens (including phenoxy) is 2. The zero-order chi connectivity index (χ0) is 21.0. The molecular weight excluding hydrogens is 370 g/mol. The predicted molar refractivity (Wildman–Crippen MR) is 113 cm³/mol. The Morgan fingerprint density at radius 2 is 1.79 bits per heavy atom. The number of carbonyl (C=O) groups is 1. The minimum atomic E-state index is -0.175. The Kier molecular flexibility index (Phi) is 6.16. The zero-order valence-corrected chi connectivity index (χ0v) is 17.1. The smallest absolute Gasteiger partial charge is 0.261 e. The molecule has 3 aromatic rings. The van der Waals surface area contributed by atoms with Gasteiger partial charge in [-0.3, -0.25) is 14.2 Å². The third kappa shape index (κ3) is 4.56. The summed E-state index contributed by atoms with van der Waals surface area (Å²) in [5, 5.41) is 3.34. The number of benzene rings is 2. The fourth-order valence-corrected chi connectivity index (χ4v) is 3.10. The highest BCUT2D eigenvalue weighted by Crippen LogP contribution is 2.29. The van der Waals surface area contributed by atoms with Gasteiger partial charge in [-0.2, -0.15) is 0 Å². The van der Waals surface area contributed by atoms with E-state index in [2.05, 4.69) is 10.3 Å². The highest BCUT2D eigenvalue weighted by atomic mass is 16.5. The summed E-state index contributed by atoms with van der Waals surface area (Å²) in [6.07, 6.45) is 2.33. The average Bonchev–Trinajstić information content (AvgIpc) is 2.71. The minimum Gasteiger partial charge on any atom is -0.493 e. The van der Waals surface area contributed by atoms with Gasteiger partial charge in [0.25, 0.3) is 5.56 Å². The monoisotopic (exact) mass is 395 g/mol. The van der Waals surface area contributed by atoms with Crippen molar-refractivity contribution in [1.82, 2.24) is 9.55 Å². The van der Waals surface area contributed by atoms with E-state index in [4.69, 9.17) is 9.47 Å². The lowest BCUT2D eigenvalue weighted by Gasteiger charge is -2.11. The number of aryl methyl sites for hydroxylation is 3. The highest BCUT2D eigenvalue weighted by Gasteiger charge is 2.11. The molecular formula is C22H25N3O4. The molecule has 0 spiro atoms. The number of rotatable bonds is 7. The van der Waals surface area contributed by atoms with Crippen molar-refractivity contribution >= 4 is 22.5 Å². The van der Waals surface area contributed by atoms with Crippen LogP contribution in [0.25, 0.3) is 10.9 Å². The molecule has 1 heterocycles. The van der Waals surface area contributed by atoms with E-state index in [-0.39, 0.29) is 11.5 Å². The Morgan fingerprint density at radius 3 is 2.48 bits per heavy atom. The molecule has 0 aliphatic heterocycles. The van der Waals surface area contributed by atoms with Gasteiger partial charge in [0.15, 0.2) is 11.5 Å². The molecule has 0 saturated carbocycles. The highest BCUT2D eigenvalue weighted by molar-refractivity contribution is 5.90. The average molecular weight is 395 g/mol. The second-order valence-corrected chi connectivity index (χ2v) is 6.92. The third-order valence-electron chi connectivity index (χ3n) is 4.92. The van der Waals surface area contributed by atoms with Gasteiger partial charge in [0, 0.05) is 24.7 Å². The molecule has 2 aromatic carbocycles. The number of amides is 1. The number of nitrogens with one attached hydrogen (secondary N) is 1. The number of hydrogen-bond donors (Lipinski definition) is 1. The Labute approximate surface area is 169 Å². The second kappa shape index (κ2) is 8.77. The molecule has 0 fully saturated rings. The SMILES string of the molecule is COc1cc2ncn(CCCC(=O)Nc3ccc(C)c(C)c3)c(=O)c2cc1OC. The summed E-state index contributed by atoms with van der Waals surface area (Å²) in [6, 6.07) is 9.13. The van der Waals surface area contributed by atoms with Gasteiger partial charge >= 0.3 is 0 Å². The van der Waals surface area contributed by atoms with Gasteiger partial charge in [0.1, 0.15) is 0 Å². The van der Waals surface area contributed by atoms with Crippen molar-refractivity contribution in [3.8, 4) is 11.5 Å². The maximum absolute atomic E-state index is 12.8. The molecule has 0 aliphatic rings. The molecule has 0 unspecified atom stereocenters. The summed E-state index contributed by atoms with van der Waals surface area (Å²) >= 11 is 0. The lowest BCUT2D eigenvalue weighted by atomic mass is 10.1. The number of anilines is 1. The van der Waals surface area contributed by atoms with Gasteiger partial charge in [-0.25, -0.2) is 4.98 Å². The van der Waals surface area contributed by atoms with E-state index in [1.165, 1.54) is 30.7 Å². The summed E-state index contributed by atoms with van der Waals surface area (Å²) in [5.74, 6) is 0.915. The van der Waals surface area contributed by atoms with Gasteiger partial charge in [-0.15, -0.1) is 0 Å². The normalized spacial score (nSPS) is 10.8. The topological polar surface area (TPSA) is 82.5 Å². The summed E-state index contributed by atoms with van der Waals surface area (Å²) in [6.45, 7) is 4.44. The summed E-state index contributed by atoms with van der Waals surface area (Å²) in [7, 11) is 3.06. The summed E-state index contributed by atoms with van der Waals surface area (Å²) in [5.41, 5.74) is 3.45. The van der Waals surface area contributed by atoms with Crippen molar-refractivity contribution in [2.75, 3.05) is 19.5 Å². The van der Waals surface area contributed by atoms with Gasteiger partial charge < -0.3 is 14.8 Å². The number of aromatic nitrogens is 2. The number of methoxy groups -OCH3 is 2. The lowest BCUT2D eigenvalue weighted by Crippen LogP contribution is -2.22. The van der Waals surface area contributed by atoms with E-state index in [0.717, 1.165) is 11.3 Å². The van der Waals surface area contributed by atoms with Gasteiger partial charge in [0.2, 0.25) is 5.91 Å². The molecule has 0 atom stereocenters. The van der Waals surface area contributed by atoms with E-state index in [1.54, 1.807) is 12.1 Å². The minimum absolute atomic E-state index is 0.0820. The van der Waals surface area contributed by atoms with Crippen molar-refractivity contribution in [1.29, 1.82) is 0 Å². The van der Waals surface area contributed by atoms with Crippen LogP contribution in [0.2, 0.25) is 0 Å². The molecule has 7 nitrogen and oxygen atoms in total. The number of fused-ring (bicyclic) bond motifs is 1. The van der Waals surface area contributed by atoms with Crippen molar-refractivity contribution in [3.05, 3.63) is 58.1 Å². The van der Waals surface area contributed by atoms with Crippen LogP contribution in [0, 0.1) is 13.8 Å². The van der Waals surface area contributed by atoms with Crippen LogP contribution in [0.5, 0.6) is 11.5 Å². The first kappa shape index (κ1) is 20.4. The Bertz CT molecular complexity index is 1110. The maximum atomic E-state index is 12.8. The van der Waals surface area contributed by atoms with Gasteiger partial charge in [-0.05, 0) is 49.6 Å². The molecule has 0 bridgehead atoms. The molecule has 152 valence electrons. The van der Waals surface area contributed by atoms with Crippen molar-refractivity contribution in [2.24, 2.45) is 0 Å². The fourth-order valence-electron chi connectivity index (χ4n) is 3.10. The molecule has 7 heteroatoms. The zero-order valence-electron chi connectivity index (χ0n) is 17.1. The predicted octanol–water partition coefficient (Wildman–Crippen LogP) is 3.45. The first-order valence-electron chi connectivity index (χ1n) is 9.41. The van der Waals surface area contributed by atoms with Crippen molar-refractivity contribution in [3.63, 3.8) is 0 Å². The molecule has 1 amide bonds. The summed E-state index contributed by atoms with van der Waals surface area (Å²) < 4.78 is 12.0. The molecule has 29 heavy (non-hydrogen) atoms. The first-order chi connectivity index (χ1) is 13.9. The van der Waals surface area contributed by atoms with E-state index >= 15 is 0 Å². The first-order valence-corrected chi connectivity index (χ1v) is 9.41. The largest absolute Gasteiger partial charge is 0.493 e. The van der Waals surface area contributed by atoms with Crippen LogP contribution in [-0.2, 0) is 11.3 Å². The van der Waals surface area contributed by atoms with Crippen LogP contribution in [0.1, 0.15) is 24.0 Å². The van der Waals surface area contributed by atoms with Crippen molar-refractivity contribution < 1.29 is 14.3 Å².